The molecule has 2 nitrogen and oxygen atoms in total. The lowest BCUT2D eigenvalue weighted by Crippen LogP contribution is -2.18. The molecular formula is C5H11ClO2S. The SMILES string of the molecule is CC(C)[C@H](C)S(=O)(=O)Cl. The summed E-state index contributed by atoms with van der Waals surface area (Å²) in [4.78, 5) is 0. The van der Waals surface area contributed by atoms with E-state index in [1.165, 1.54) is 0 Å². The van der Waals surface area contributed by atoms with Crippen molar-refractivity contribution in [3.05, 3.63) is 0 Å². The van der Waals surface area contributed by atoms with E-state index in [0.717, 1.165) is 0 Å². The predicted octanol–water partition coefficient (Wildman–Crippen LogP) is 1.60. The third kappa shape index (κ3) is 3.06. The summed E-state index contributed by atoms with van der Waals surface area (Å²) in [5, 5.41) is -0.445. The number of hydrogen-bond donors (Lipinski definition) is 0. The second-order valence-corrected chi connectivity index (χ2v) is 5.41. The van der Waals surface area contributed by atoms with Gasteiger partial charge in [-0.3, -0.25) is 0 Å². The minimum Gasteiger partial charge on any atom is -0.212 e. The van der Waals surface area contributed by atoms with Gasteiger partial charge in [0, 0.05) is 10.7 Å². The molecule has 0 aromatic heterocycles. The van der Waals surface area contributed by atoms with Crippen molar-refractivity contribution < 1.29 is 8.42 Å². The Morgan fingerprint density at radius 1 is 1.22 bits per heavy atom. The van der Waals surface area contributed by atoms with E-state index in [1.807, 2.05) is 13.8 Å². The van der Waals surface area contributed by atoms with E-state index in [1.54, 1.807) is 6.92 Å². The van der Waals surface area contributed by atoms with Gasteiger partial charge in [-0.25, -0.2) is 8.42 Å². The van der Waals surface area contributed by atoms with Crippen molar-refractivity contribution in [3.8, 4) is 0 Å². The molecule has 0 aliphatic heterocycles. The summed E-state index contributed by atoms with van der Waals surface area (Å²) in [5.74, 6) is 0.0903. The molecule has 0 saturated carbocycles. The molecule has 0 heterocycles. The first-order valence-electron chi connectivity index (χ1n) is 2.79. The van der Waals surface area contributed by atoms with E-state index < -0.39 is 14.3 Å². The molecule has 0 rings (SSSR count). The molecule has 0 bridgehead atoms. The average Bonchev–Trinajstić information content (AvgIpc) is 1.62. The van der Waals surface area contributed by atoms with Gasteiger partial charge in [0.15, 0.2) is 0 Å². The van der Waals surface area contributed by atoms with Gasteiger partial charge in [-0.2, -0.15) is 0 Å². The molecule has 0 aromatic carbocycles. The van der Waals surface area contributed by atoms with Crippen LogP contribution in [-0.4, -0.2) is 13.7 Å². The Labute approximate surface area is 60.6 Å². The standard InChI is InChI=1S/C5H11ClO2S/c1-4(2)5(3)9(6,7)8/h4-5H,1-3H3/t5-/m0/s1. The van der Waals surface area contributed by atoms with Crippen molar-refractivity contribution in [2.24, 2.45) is 5.92 Å². The van der Waals surface area contributed by atoms with E-state index in [2.05, 4.69) is 0 Å². The number of rotatable bonds is 2. The molecule has 0 aromatic rings. The van der Waals surface area contributed by atoms with Gasteiger partial charge in [-0.1, -0.05) is 13.8 Å². The smallest absolute Gasteiger partial charge is 0.212 e. The Morgan fingerprint density at radius 3 is 1.56 bits per heavy atom. The first kappa shape index (κ1) is 9.24. The van der Waals surface area contributed by atoms with Crippen LogP contribution in [0.25, 0.3) is 0 Å². The molecule has 0 N–H and O–H groups in total. The Hall–Kier alpha value is 0.240. The molecule has 1 atom stereocenters. The van der Waals surface area contributed by atoms with Gasteiger partial charge in [-0.15, -0.1) is 0 Å². The van der Waals surface area contributed by atoms with Gasteiger partial charge < -0.3 is 0 Å². The fourth-order valence-corrected chi connectivity index (χ4v) is 1.59. The van der Waals surface area contributed by atoms with Gasteiger partial charge in [0.2, 0.25) is 9.05 Å². The average molecular weight is 171 g/mol. The zero-order valence-corrected chi connectivity index (χ0v) is 7.33. The van der Waals surface area contributed by atoms with Gasteiger partial charge >= 0.3 is 0 Å². The first-order valence-corrected chi connectivity index (χ1v) is 5.16. The lowest BCUT2D eigenvalue weighted by atomic mass is 10.2. The molecule has 0 fully saturated rings. The maximum atomic E-state index is 10.5. The van der Waals surface area contributed by atoms with E-state index in [9.17, 15) is 8.42 Å². The zero-order valence-electron chi connectivity index (χ0n) is 5.76. The third-order valence-corrected chi connectivity index (χ3v) is 3.66. The second-order valence-electron chi connectivity index (χ2n) is 2.42. The summed E-state index contributed by atoms with van der Waals surface area (Å²) in [7, 11) is 1.72. The quantitative estimate of drug-likeness (QED) is 0.590. The normalized spacial score (nSPS) is 16.1. The van der Waals surface area contributed by atoms with Gasteiger partial charge in [0.25, 0.3) is 0 Å². The maximum Gasteiger partial charge on any atom is 0.235 e. The summed E-state index contributed by atoms with van der Waals surface area (Å²) >= 11 is 0. The van der Waals surface area contributed by atoms with E-state index in [0.29, 0.717) is 0 Å². The molecule has 0 spiro atoms. The first-order chi connectivity index (χ1) is 3.85. The Morgan fingerprint density at radius 2 is 1.56 bits per heavy atom. The highest BCUT2D eigenvalue weighted by atomic mass is 35.7. The molecule has 0 radical (unpaired) electrons. The fourth-order valence-electron chi connectivity index (χ4n) is 0.325. The minimum absolute atomic E-state index is 0.0903. The summed E-state index contributed by atoms with van der Waals surface area (Å²) in [6.07, 6.45) is 0. The highest BCUT2D eigenvalue weighted by Gasteiger charge is 2.20. The van der Waals surface area contributed by atoms with Crippen LogP contribution in [0.4, 0.5) is 0 Å². The largest absolute Gasteiger partial charge is 0.235 e. The van der Waals surface area contributed by atoms with Crippen molar-refractivity contribution in [2.45, 2.75) is 26.0 Å². The molecule has 0 saturated heterocycles. The van der Waals surface area contributed by atoms with E-state index in [-0.39, 0.29) is 5.92 Å². The van der Waals surface area contributed by atoms with Gasteiger partial charge in [0.05, 0.1) is 5.25 Å². The lowest BCUT2D eigenvalue weighted by Gasteiger charge is -2.09. The van der Waals surface area contributed by atoms with Crippen molar-refractivity contribution in [1.29, 1.82) is 0 Å². The van der Waals surface area contributed by atoms with Crippen LogP contribution in [0.1, 0.15) is 20.8 Å². The maximum absolute atomic E-state index is 10.5. The van der Waals surface area contributed by atoms with E-state index >= 15 is 0 Å². The summed E-state index contributed by atoms with van der Waals surface area (Å²) < 4.78 is 21.1. The highest BCUT2D eigenvalue weighted by Crippen LogP contribution is 2.14. The van der Waals surface area contributed by atoms with Crippen molar-refractivity contribution >= 4 is 19.7 Å². The monoisotopic (exact) mass is 170 g/mol. The number of hydrogen-bond acceptors (Lipinski definition) is 2. The second kappa shape index (κ2) is 2.88. The zero-order chi connectivity index (χ0) is 7.65. The van der Waals surface area contributed by atoms with Crippen LogP contribution in [0.15, 0.2) is 0 Å². The molecule has 9 heavy (non-hydrogen) atoms. The van der Waals surface area contributed by atoms with Gasteiger partial charge in [0.1, 0.15) is 0 Å². The Bertz CT molecular complexity index is 171. The lowest BCUT2D eigenvalue weighted by molar-refractivity contribution is 0.559. The molecular weight excluding hydrogens is 160 g/mol. The summed E-state index contributed by atoms with van der Waals surface area (Å²) in [5.41, 5.74) is 0. The van der Waals surface area contributed by atoms with Crippen LogP contribution in [0, 0.1) is 5.92 Å². The fraction of sp³-hybridized carbons (Fsp3) is 1.00. The van der Waals surface area contributed by atoms with Crippen molar-refractivity contribution in [2.75, 3.05) is 0 Å². The van der Waals surface area contributed by atoms with Crippen LogP contribution in [0.2, 0.25) is 0 Å². The van der Waals surface area contributed by atoms with Gasteiger partial charge in [-0.05, 0) is 12.8 Å². The molecule has 4 heteroatoms. The molecule has 0 unspecified atom stereocenters. The molecule has 0 aliphatic rings. The van der Waals surface area contributed by atoms with Crippen LogP contribution in [-0.2, 0) is 9.05 Å². The Kier molecular flexibility index (Phi) is 2.96. The third-order valence-electron chi connectivity index (χ3n) is 1.38. The van der Waals surface area contributed by atoms with E-state index in [4.69, 9.17) is 10.7 Å². The van der Waals surface area contributed by atoms with Crippen LogP contribution < -0.4 is 0 Å². The van der Waals surface area contributed by atoms with Crippen LogP contribution in [0.5, 0.6) is 0 Å². The van der Waals surface area contributed by atoms with Crippen molar-refractivity contribution in [1.82, 2.24) is 0 Å². The molecule has 56 valence electrons. The van der Waals surface area contributed by atoms with Crippen LogP contribution >= 0.6 is 10.7 Å². The van der Waals surface area contributed by atoms with Crippen LogP contribution in [0.3, 0.4) is 0 Å². The summed E-state index contributed by atoms with van der Waals surface area (Å²) in [6, 6.07) is 0. The molecule has 0 aliphatic carbocycles. The summed E-state index contributed by atoms with van der Waals surface area (Å²) in [6.45, 7) is 5.25. The molecule has 0 amide bonds. The minimum atomic E-state index is -3.33. The predicted molar refractivity (Wildman–Crippen MR) is 39.1 cm³/mol. The topological polar surface area (TPSA) is 34.1 Å². The number of halogens is 1. The van der Waals surface area contributed by atoms with Crippen molar-refractivity contribution in [3.63, 3.8) is 0 Å². The highest BCUT2D eigenvalue weighted by molar-refractivity contribution is 8.14. The Balaban J connectivity index is 4.24.